The maximum Gasteiger partial charge on any atom is 0.0565 e. The second kappa shape index (κ2) is 3.81. The van der Waals surface area contributed by atoms with Crippen molar-refractivity contribution in [2.75, 3.05) is 0 Å². The van der Waals surface area contributed by atoms with Gasteiger partial charge in [0.05, 0.1) is 10.7 Å². The van der Waals surface area contributed by atoms with E-state index in [1.54, 1.807) is 12.1 Å². The fraction of sp³-hybridized carbons (Fsp3) is 0.143. The van der Waals surface area contributed by atoms with Crippen molar-refractivity contribution < 1.29 is 0 Å². The summed E-state index contributed by atoms with van der Waals surface area (Å²) in [5.74, 6) is 0. The summed E-state index contributed by atoms with van der Waals surface area (Å²) in [6, 6.07) is 3.46. The van der Waals surface area contributed by atoms with Gasteiger partial charge < -0.3 is 0 Å². The number of rotatable bonds is 1. The Labute approximate surface area is 83.1 Å². The normalized spacial score (nSPS) is 9.25. The van der Waals surface area contributed by atoms with Crippen molar-refractivity contribution in [3.8, 4) is 0 Å². The number of benzene rings is 1. The first-order chi connectivity index (χ1) is 5.66. The van der Waals surface area contributed by atoms with Crippen LogP contribution in [-0.2, 0) is 0 Å². The predicted molar refractivity (Wildman–Crippen MR) is 52.7 cm³/mol. The van der Waals surface area contributed by atoms with Crippen LogP contribution in [0.15, 0.2) is 21.7 Å². The first kappa shape index (κ1) is 9.39. The summed E-state index contributed by atoms with van der Waals surface area (Å²) in [6.07, 6.45) is 0. The lowest BCUT2D eigenvalue weighted by atomic mass is 10.2. The van der Waals surface area contributed by atoms with Crippen LogP contribution in [0.2, 0.25) is 5.02 Å². The summed E-state index contributed by atoms with van der Waals surface area (Å²) in [5, 5.41) is 3.92. The lowest BCUT2D eigenvalue weighted by molar-refractivity contribution is 1.38. The Morgan fingerprint density at radius 2 is 2.25 bits per heavy atom. The summed E-state index contributed by atoms with van der Waals surface area (Å²) in [5.41, 5.74) is 9.53. The minimum atomic E-state index is 0.458. The van der Waals surface area contributed by atoms with Gasteiger partial charge in [0.2, 0.25) is 0 Å². The van der Waals surface area contributed by atoms with Crippen molar-refractivity contribution in [3.63, 3.8) is 0 Å². The third-order valence-electron chi connectivity index (χ3n) is 1.45. The summed E-state index contributed by atoms with van der Waals surface area (Å²) in [6.45, 7) is 1.85. The molecule has 12 heavy (non-hydrogen) atoms. The molecule has 0 heterocycles. The van der Waals surface area contributed by atoms with E-state index in [1.165, 1.54) is 0 Å². The highest BCUT2D eigenvalue weighted by Crippen LogP contribution is 2.32. The number of nitrogens with zero attached hydrogens (tertiary/aromatic N) is 3. The van der Waals surface area contributed by atoms with E-state index in [4.69, 9.17) is 17.1 Å². The lowest BCUT2D eigenvalue weighted by Gasteiger charge is -2.02. The van der Waals surface area contributed by atoms with E-state index in [0.717, 1.165) is 10.0 Å². The Morgan fingerprint density at radius 1 is 1.58 bits per heavy atom. The summed E-state index contributed by atoms with van der Waals surface area (Å²) in [7, 11) is 0. The third kappa shape index (κ3) is 1.72. The summed E-state index contributed by atoms with van der Waals surface area (Å²) < 4.78 is 0.907. The molecule has 0 aliphatic carbocycles. The van der Waals surface area contributed by atoms with Crippen LogP contribution in [0.3, 0.4) is 0 Å². The van der Waals surface area contributed by atoms with Gasteiger partial charge in [0.25, 0.3) is 0 Å². The van der Waals surface area contributed by atoms with Crippen LogP contribution in [0.1, 0.15) is 5.56 Å². The minimum Gasteiger partial charge on any atom is -0.0835 e. The van der Waals surface area contributed by atoms with Crippen molar-refractivity contribution in [2.45, 2.75) is 6.92 Å². The van der Waals surface area contributed by atoms with Gasteiger partial charge in [0.15, 0.2) is 0 Å². The largest absolute Gasteiger partial charge is 0.0835 e. The molecule has 0 aromatic heterocycles. The molecule has 3 nitrogen and oxygen atoms in total. The molecule has 0 saturated heterocycles. The number of hydrogen-bond acceptors (Lipinski definition) is 1. The molecule has 0 radical (unpaired) electrons. The van der Waals surface area contributed by atoms with Crippen molar-refractivity contribution in [3.05, 3.63) is 37.6 Å². The van der Waals surface area contributed by atoms with E-state index >= 15 is 0 Å². The molecule has 0 saturated carbocycles. The molecule has 5 heteroatoms. The smallest absolute Gasteiger partial charge is 0.0565 e. The predicted octanol–water partition coefficient (Wildman–Crippen LogP) is 4.35. The standard InChI is InChI=1S/C7H5BrClN3/c1-4-5(8)2-3-6(7(4)9)11-12-10/h2-3H,1H3. The van der Waals surface area contributed by atoms with Gasteiger partial charge >= 0.3 is 0 Å². The highest BCUT2D eigenvalue weighted by Gasteiger charge is 2.03. The van der Waals surface area contributed by atoms with E-state index in [9.17, 15) is 0 Å². The van der Waals surface area contributed by atoms with Crippen LogP contribution in [0.4, 0.5) is 5.69 Å². The molecule has 0 unspecified atom stereocenters. The Balaban J connectivity index is 3.35. The first-order valence-electron chi connectivity index (χ1n) is 3.16. The van der Waals surface area contributed by atoms with Crippen molar-refractivity contribution in [1.29, 1.82) is 0 Å². The van der Waals surface area contributed by atoms with Gasteiger partial charge in [-0.25, -0.2) is 0 Å². The van der Waals surface area contributed by atoms with Crippen LogP contribution in [0.5, 0.6) is 0 Å². The van der Waals surface area contributed by atoms with Crippen LogP contribution in [0.25, 0.3) is 10.4 Å². The molecule has 1 aromatic carbocycles. The van der Waals surface area contributed by atoms with Crippen molar-refractivity contribution in [1.82, 2.24) is 0 Å². The second-order valence-electron chi connectivity index (χ2n) is 2.19. The molecule has 0 aliphatic heterocycles. The zero-order valence-corrected chi connectivity index (χ0v) is 8.59. The first-order valence-corrected chi connectivity index (χ1v) is 4.33. The average Bonchev–Trinajstić information content (AvgIpc) is 2.07. The van der Waals surface area contributed by atoms with Crippen molar-refractivity contribution >= 4 is 33.2 Å². The van der Waals surface area contributed by atoms with Crippen LogP contribution in [0, 0.1) is 6.92 Å². The molecule has 0 atom stereocenters. The maximum atomic E-state index is 8.19. The van der Waals surface area contributed by atoms with Gasteiger partial charge in [0.1, 0.15) is 0 Å². The Hall–Kier alpha value is -0.700. The monoisotopic (exact) mass is 245 g/mol. The van der Waals surface area contributed by atoms with Gasteiger partial charge in [-0.3, -0.25) is 0 Å². The highest BCUT2D eigenvalue weighted by atomic mass is 79.9. The van der Waals surface area contributed by atoms with E-state index in [-0.39, 0.29) is 0 Å². The Bertz CT molecular complexity index is 358. The van der Waals surface area contributed by atoms with E-state index < -0.39 is 0 Å². The molecule has 0 aliphatic rings. The van der Waals surface area contributed by atoms with Crippen molar-refractivity contribution in [2.24, 2.45) is 5.11 Å². The molecule has 0 spiro atoms. The lowest BCUT2D eigenvalue weighted by Crippen LogP contribution is -1.77. The van der Waals surface area contributed by atoms with E-state index in [1.807, 2.05) is 6.92 Å². The number of azide groups is 1. The van der Waals surface area contributed by atoms with Crippen LogP contribution < -0.4 is 0 Å². The quantitative estimate of drug-likeness (QED) is 0.402. The zero-order chi connectivity index (χ0) is 9.14. The zero-order valence-electron chi connectivity index (χ0n) is 6.25. The molecule has 0 fully saturated rings. The highest BCUT2D eigenvalue weighted by molar-refractivity contribution is 9.10. The van der Waals surface area contributed by atoms with Crippen LogP contribution >= 0.6 is 27.5 Å². The molecule has 1 rings (SSSR count). The molecule has 0 amide bonds. The molecule has 62 valence electrons. The number of halogens is 2. The fourth-order valence-electron chi connectivity index (χ4n) is 0.773. The molecular weight excluding hydrogens is 241 g/mol. The fourth-order valence-corrected chi connectivity index (χ4v) is 1.42. The average molecular weight is 246 g/mol. The number of hydrogen-bond donors (Lipinski definition) is 0. The second-order valence-corrected chi connectivity index (χ2v) is 3.43. The van der Waals surface area contributed by atoms with Gasteiger partial charge in [-0.1, -0.05) is 38.7 Å². The molecule has 1 aromatic rings. The minimum absolute atomic E-state index is 0.458. The van der Waals surface area contributed by atoms with Gasteiger partial charge in [-0.15, -0.1) is 0 Å². The van der Waals surface area contributed by atoms with Gasteiger partial charge in [-0.05, 0) is 24.1 Å². The van der Waals surface area contributed by atoms with E-state index in [0.29, 0.717) is 10.7 Å². The van der Waals surface area contributed by atoms with E-state index in [2.05, 4.69) is 26.0 Å². The molecule has 0 bridgehead atoms. The summed E-state index contributed by atoms with van der Waals surface area (Å²) >= 11 is 9.19. The Kier molecular flexibility index (Phi) is 2.98. The molecular formula is C7H5BrClN3. The third-order valence-corrected chi connectivity index (χ3v) is 2.79. The topological polar surface area (TPSA) is 48.8 Å². The SMILES string of the molecule is Cc1c(Br)ccc(N=[N+]=[N-])c1Cl. The maximum absolute atomic E-state index is 8.19. The van der Waals surface area contributed by atoms with Gasteiger partial charge in [-0.2, -0.15) is 0 Å². The summed E-state index contributed by atoms with van der Waals surface area (Å²) in [4.78, 5) is 2.66. The Morgan fingerprint density at radius 3 is 2.83 bits per heavy atom. The van der Waals surface area contributed by atoms with Crippen LogP contribution in [-0.4, -0.2) is 0 Å². The molecule has 0 N–H and O–H groups in total. The van der Waals surface area contributed by atoms with Gasteiger partial charge in [0, 0.05) is 9.38 Å².